The summed E-state index contributed by atoms with van der Waals surface area (Å²) in [6, 6.07) is 13.9. The SMILES string of the molecule is CCc1nc(-c2cc(-c3ccc(CO)c(S(C)(=O)=O)c3)ccc2-n2cc(C(F)(F)F)nc2C)c(-c2ccc(OC(F)(F)F)cc2)o1. The zero-order valence-electron chi connectivity index (χ0n) is 24.4. The number of benzene rings is 3. The Hall–Kier alpha value is -4.63. The van der Waals surface area contributed by atoms with Gasteiger partial charge in [0.1, 0.15) is 17.3 Å². The molecule has 5 aromatic rings. The summed E-state index contributed by atoms with van der Waals surface area (Å²) in [5, 5.41) is 9.69. The number of ether oxygens (including phenoxy) is 1. The molecule has 0 atom stereocenters. The van der Waals surface area contributed by atoms with E-state index in [-0.39, 0.29) is 44.9 Å². The first-order chi connectivity index (χ1) is 21.5. The van der Waals surface area contributed by atoms with Gasteiger partial charge in [0.15, 0.2) is 27.2 Å². The van der Waals surface area contributed by atoms with Gasteiger partial charge in [0.05, 0.1) is 17.2 Å². The van der Waals surface area contributed by atoms with E-state index in [0.29, 0.717) is 23.1 Å². The second kappa shape index (κ2) is 11.9. The molecule has 0 spiro atoms. The van der Waals surface area contributed by atoms with Crippen LogP contribution < -0.4 is 4.74 Å². The molecule has 5 rings (SSSR count). The van der Waals surface area contributed by atoms with E-state index < -0.39 is 40.4 Å². The van der Waals surface area contributed by atoms with Crippen molar-refractivity contribution < 1.29 is 49.0 Å². The second-order valence-electron chi connectivity index (χ2n) is 10.2. The maximum Gasteiger partial charge on any atom is 0.573 e. The Balaban J connectivity index is 1.75. The van der Waals surface area contributed by atoms with Crippen LogP contribution in [0, 0.1) is 6.92 Å². The topological polar surface area (TPSA) is 107 Å². The summed E-state index contributed by atoms with van der Waals surface area (Å²) in [5.74, 6) is -0.114. The highest BCUT2D eigenvalue weighted by Crippen LogP contribution is 2.40. The number of hydrogen-bond donors (Lipinski definition) is 1. The minimum atomic E-state index is -4.91. The predicted molar refractivity (Wildman–Crippen MR) is 155 cm³/mol. The highest BCUT2D eigenvalue weighted by atomic mass is 32.2. The second-order valence-corrected chi connectivity index (χ2v) is 12.2. The Morgan fingerprint density at radius 1 is 0.913 bits per heavy atom. The quantitative estimate of drug-likeness (QED) is 0.171. The molecule has 0 amide bonds. The maximum atomic E-state index is 13.6. The smallest absolute Gasteiger partial charge is 0.440 e. The monoisotopic (exact) mass is 665 g/mol. The van der Waals surface area contributed by atoms with Crippen molar-refractivity contribution in [3.05, 3.63) is 89.8 Å². The van der Waals surface area contributed by atoms with Gasteiger partial charge in [-0.1, -0.05) is 25.1 Å². The molecule has 0 aliphatic heterocycles. The largest absolute Gasteiger partial charge is 0.573 e. The van der Waals surface area contributed by atoms with E-state index in [2.05, 4.69) is 14.7 Å². The van der Waals surface area contributed by atoms with Gasteiger partial charge in [-0.3, -0.25) is 0 Å². The zero-order valence-corrected chi connectivity index (χ0v) is 25.2. The van der Waals surface area contributed by atoms with Gasteiger partial charge in [0, 0.05) is 30.0 Å². The van der Waals surface area contributed by atoms with E-state index in [0.717, 1.165) is 24.6 Å². The highest BCUT2D eigenvalue weighted by molar-refractivity contribution is 7.90. The third kappa shape index (κ3) is 6.79. The summed E-state index contributed by atoms with van der Waals surface area (Å²) in [4.78, 5) is 8.15. The lowest BCUT2D eigenvalue weighted by Crippen LogP contribution is -2.16. The van der Waals surface area contributed by atoms with E-state index in [9.17, 15) is 39.9 Å². The summed E-state index contributed by atoms with van der Waals surface area (Å²) in [6.45, 7) is 2.62. The van der Waals surface area contributed by atoms with Crippen LogP contribution in [0.1, 0.15) is 29.9 Å². The van der Waals surface area contributed by atoms with Gasteiger partial charge in [-0.25, -0.2) is 18.4 Å². The number of aliphatic hydroxyl groups excluding tert-OH is 1. The van der Waals surface area contributed by atoms with Gasteiger partial charge >= 0.3 is 12.5 Å². The Bertz CT molecular complexity index is 2010. The number of rotatable bonds is 8. The molecule has 0 radical (unpaired) electrons. The molecule has 2 heterocycles. The molecule has 0 saturated heterocycles. The lowest BCUT2D eigenvalue weighted by atomic mass is 9.97. The number of alkyl halides is 6. The minimum absolute atomic E-state index is 0.00222. The van der Waals surface area contributed by atoms with E-state index in [4.69, 9.17) is 4.42 Å². The van der Waals surface area contributed by atoms with E-state index in [1.807, 2.05) is 0 Å². The van der Waals surface area contributed by atoms with Crippen LogP contribution in [-0.2, 0) is 29.0 Å². The van der Waals surface area contributed by atoms with Crippen molar-refractivity contribution in [3.63, 3.8) is 0 Å². The Kier molecular flexibility index (Phi) is 8.51. The van der Waals surface area contributed by atoms with Crippen molar-refractivity contribution in [1.29, 1.82) is 0 Å². The molecule has 0 fully saturated rings. The first kappa shape index (κ1) is 32.8. The summed E-state index contributed by atoms with van der Waals surface area (Å²) in [6.07, 6.45) is -7.51. The average Bonchev–Trinajstić information content (AvgIpc) is 3.59. The lowest BCUT2D eigenvalue weighted by molar-refractivity contribution is -0.274. The molecule has 3 aromatic carbocycles. The van der Waals surface area contributed by atoms with Crippen molar-refractivity contribution in [1.82, 2.24) is 14.5 Å². The number of nitrogens with zero attached hydrogens (tertiary/aromatic N) is 3. The van der Waals surface area contributed by atoms with E-state index in [1.165, 1.54) is 41.8 Å². The summed E-state index contributed by atoms with van der Waals surface area (Å²) in [5.41, 5.74) is 0.851. The van der Waals surface area contributed by atoms with Crippen LogP contribution in [0.4, 0.5) is 26.3 Å². The number of aliphatic hydroxyl groups is 1. The van der Waals surface area contributed by atoms with Crippen molar-refractivity contribution in [2.75, 3.05) is 6.26 Å². The van der Waals surface area contributed by atoms with E-state index in [1.54, 1.807) is 25.1 Å². The zero-order chi connectivity index (χ0) is 33.6. The number of imidazole rings is 1. The Morgan fingerprint density at radius 3 is 2.11 bits per heavy atom. The first-order valence-electron chi connectivity index (χ1n) is 13.6. The molecule has 1 N–H and O–H groups in total. The average molecular weight is 666 g/mol. The standard InChI is InChI=1S/C31H25F6N3O5S/c1-4-27-39-28(29(44-27)18-7-10-22(11-8-18)45-31(35,36)37)23-13-19(20-5-6-21(16-41)25(14-20)46(3,42)43)9-12-24(23)40-15-26(30(32,33)34)38-17(40)2/h5-15,41H,4,16H2,1-3H3. The maximum absolute atomic E-state index is 13.6. The highest BCUT2D eigenvalue weighted by Gasteiger charge is 2.35. The molecule has 0 aliphatic carbocycles. The number of sulfone groups is 1. The molecular weight excluding hydrogens is 640 g/mol. The summed E-state index contributed by atoms with van der Waals surface area (Å²) >= 11 is 0. The summed E-state index contributed by atoms with van der Waals surface area (Å²) < 4.78 is 115. The molecule has 15 heteroatoms. The molecular formula is C31H25F6N3O5S. The Labute approximate surface area is 258 Å². The molecule has 8 nitrogen and oxygen atoms in total. The number of halogens is 6. The van der Waals surface area contributed by atoms with Crippen LogP contribution in [0.15, 0.2) is 76.2 Å². The third-order valence-electron chi connectivity index (χ3n) is 6.98. The number of aromatic nitrogens is 3. The fourth-order valence-corrected chi connectivity index (χ4v) is 5.83. The van der Waals surface area contributed by atoms with Crippen molar-refractivity contribution >= 4 is 9.84 Å². The van der Waals surface area contributed by atoms with Crippen LogP contribution in [0.5, 0.6) is 5.75 Å². The third-order valence-corrected chi connectivity index (χ3v) is 8.16. The normalized spacial score (nSPS) is 12.5. The molecule has 242 valence electrons. The number of oxazole rings is 1. The van der Waals surface area contributed by atoms with Gasteiger partial charge in [0.2, 0.25) is 0 Å². The van der Waals surface area contributed by atoms with Crippen LogP contribution in [-0.4, -0.2) is 40.7 Å². The fourth-order valence-electron chi connectivity index (χ4n) is 4.88. The molecule has 0 saturated carbocycles. The minimum Gasteiger partial charge on any atom is -0.440 e. The van der Waals surface area contributed by atoms with Gasteiger partial charge < -0.3 is 18.8 Å². The van der Waals surface area contributed by atoms with Crippen molar-refractivity contribution in [2.24, 2.45) is 0 Å². The lowest BCUT2D eigenvalue weighted by Gasteiger charge is -2.15. The Morgan fingerprint density at radius 2 is 1.54 bits per heavy atom. The van der Waals surface area contributed by atoms with Crippen molar-refractivity contribution in [2.45, 2.75) is 44.3 Å². The van der Waals surface area contributed by atoms with Crippen LogP contribution in [0.25, 0.3) is 39.4 Å². The first-order valence-corrected chi connectivity index (χ1v) is 15.5. The molecule has 0 bridgehead atoms. The predicted octanol–water partition coefficient (Wildman–Crippen LogP) is 7.55. The molecule has 0 unspecified atom stereocenters. The molecule has 2 aromatic heterocycles. The van der Waals surface area contributed by atoms with Crippen LogP contribution in [0.2, 0.25) is 0 Å². The van der Waals surface area contributed by atoms with Crippen LogP contribution >= 0.6 is 0 Å². The van der Waals surface area contributed by atoms with Crippen LogP contribution in [0.3, 0.4) is 0 Å². The van der Waals surface area contributed by atoms with Gasteiger partial charge in [-0.2, -0.15) is 13.2 Å². The number of aryl methyl sites for hydroxylation is 2. The molecule has 46 heavy (non-hydrogen) atoms. The fraction of sp³-hybridized carbons (Fsp3) is 0.226. The molecule has 0 aliphatic rings. The van der Waals surface area contributed by atoms with Crippen molar-refractivity contribution in [3.8, 4) is 45.1 Å². The summed E-state index contributed by atoms with van der Waals surface area (Å²) in [7, 11) is -3.75. The van der Waals surface area contributed by atoms with Gasteiger partial charge in [0.25, 0.3) is 0 Å². The number of hydrogen-bond acceptors (Lipinski definition) is 7. The van der Waals surface area contributed by atoms with Gasteiger partial charge in [-0.05, 0) is 66.1 Å². The van der Waals surface area contributed by atoms with E-state index >= 15 is 0 Å². The van der Waals surface area contributed by atoms with Gasteiger partial charge in [-0.15, -0.1) is 13.2 Å².